The molecule has 2 nitrogen and oxygen atoms in total. The molecule has 0 aromatic heterocycles. The van der Waals surface area contributed by atoms with E-state index in [0.29, 0.717) is 10.7 Å². The lowest BCUT2D eigenvalue weighted by atomic mass is 10.2. The number of alkyl halides is 2. The summed E-state index contributed by atoms with van der Waals surface area (Å²) >= 11 is 6.49. The number of hydrogen-bond donors (Lipinski definition) is 0. The maximum Gasteiger partial charge on any atom is 0.198 e. The maximum absolute atomic E-state index is 12.0. The topological polar surface area (TPSA) is 34.1 Å². The molecule has 2 atom stereocenters. The molecule has 0 bridgehead atoms. The van der Waals surface area contributed by atoms with Crippen molar-refractivity contribution in [3.63, 3.8) is 0 Å². The Bertz CT molecular complexity index is 318. The van der Waals surface area contributed by atoms with Gasteiger partial charge in [0.1, 0.15) is 0 Å². The van der Waals surface area contributed by atoms with E-state index in [1.165, 1.54) is 0 Å². The van der Waals surface area contributed by atoms with E-state index in [4.69, 9.17) is 0 Å². The van der Waals surface area contributed by atoms with Gasteiger partial charge >= 0.3 is 0 Å². The predicted molar refractivity (Wildman–Crippen MR) is 73.1 cm³/mol. The van der Waals surface area contributed by atoms with Gasteiger partial charge in [0.25, 0.3) is 0 Å². The van der Waals surface area contributed by atoms with Crippen LogP contribution in [0.1, 0.15) is 13.8 Å². The van der Waals surface area contributed by atoms with Gasteiger partial charge in [-0.15, -0.1) is 0 Å². The van der Waals surface area contributed by atoms with E-state index in [2.05, 4.69) is 45.0 Å². The van der Waals surface area contributed by atoms with Crippen LogP contribution in [0, 0.1) is 11.8 Å². The minimum atomic E-state index is -3.41. The van der Waals surface area contributed by atoms with Crippen LogP contribution < -0.4 is 0 Å². The highest BCUT2D eigenvalue weighted by molar-refractivity contribution is 9.09. The second-order valence-electron chi connectivity index (χ2n) is 3.55. The molecule has 0 heterocycles. The largest absolute Gasteiger partial charge is 0.219 e. The van der Waals surface area contributed by atoms with Gasteiger partial charge in [-0.3, -0.25) is 0 Å². The van der Waals surface area contributed by atoms with Crippen LogP contribution in [-0.4, -0.2) is 19.1 Å². The van der Waals surface area contributed by atoms with Crippen molar-refractivity contribution in [3.8, 4) is 0 Å². The third-order valence-corrected chi connectivity index (χ3v) is 6.38. The van der Waals surface area contributed by atoms with E-state index in [9.17, 15) is 8.42 Å². The predicted octanol–water partition coefficient (Wildman–Crippen LogP) is 3.49. The number of allylic oxidation sites excluding steroid dienone is 2. The fourth-order valence-corrected chi connectivity index (χ4v) is 3.64. The van der Waals surface area contributed by atoms with Gasteiger partial charge in [0.2, 0.25) is 0 Å². The van der Waals surface area contributed by atoms with Crippen LogP contribution in [-0.2, 0) is 9.84 Å². The van der Waals surface area contributed by atoms with Crippen molar-refractivity contribution in [1.82, 2.24) is 0 Å². The van der Waals surface area contributed by atoms with Gasteiger partial charge in [-0.25, -0.2) is 8.42 Å². The number of halogens is 2. The van der Waals surface area contributed by atoms with E-state index in [1.807, 2.05) is 13.8 Å². The molecule has 2 unspecified atom stereocenters. The van der Waals surface area contributed by atoms with Crippen molar-refractivity contribution in [1.29, 1.82) is 0 Å². The summed E-state index contributed by atoms with van der Waals surface area (Å²) in [7, 11) is -3.41. The summed E-state index contributed by atoms with van der Waals surface area (Å²) in [6.45, 7) is 10.9. The van der Waals surface area contributed by atoms with Crippen LogP contribution in [0.2, 0.25) is 0 Å². The lowest BCUT2D eigenvalue weighted by molar-refractivity contribution is 0.596. The molecule has 0 aliphatic rings. The molecule has 0 saturated heterocycles. The molecule has 15 heavy (non-hydrogen) atoms. The Kier molecular flexibility index (Phi) is 6.37. The first-order valence-corrected chi connectivity index (χ1v) is 8.26. The first kappa shape index (κ1) is 15.4. The normalized spacial score (nSPS) is 15.7. The Morgan fingerprint density at radius 1 is 1.07 bits per heavy atom. The highest BCUT2D eigenvalue weighted by atomic mass is 79.9. The zero-order chi connectivity index (χ0) is 12.2. The third kappa shape index (κ3) is 3.71. The molecular weight excluding hydrogens is 344 g/mol. The molecule has 5 heteroatoms. The second kappa shape index (κ2) is 6.21. The third-order valence-electron chi connectivity index (χ3n) is 2.25. The Morgan fingerprint density at radius 3 is 1.53 bits per heavy atom. The van der Waals surface area contributed by atoms with Gasteiger partial charge in [-0.05, 0) is 0 Å². The SMILES string of the molecule is C=C(C(C)CBr)S(=O)(=O)C(=C)C(C)CBr. The van der Waals surface area contributed by atoms with Crippen LogP contribution in [0.25, 0.3) is 0 Å². The molecule has 0 saturated carbocycles. The van der Waals surface area contributed by atoms with E-state index in [0.717, 1.165) is 0 Å². The Balaban J connectivity index is 5.00. The van der Waals surface area contributed by atoms with Crippen molar-refractivity contribution in [3.05, 3.63) is 23.0 Å². The van der Waals surface area contributed by atoms with Crippen LogP contribution >= 0.6 is 31.9 Å². The lowest BCUT2D eigenvalue weighted by Crippen LogP contribution is -2.17. The summed E-state index contributed by atoms with van der Waals surface area (Å²) in [5.41, 5.74) is 0. The number of rotatable bonds is 6. The van der Waals surface area contributed by atoms with Gasteiger partial charge in [0.05, 0.1) is 0 Å². The Morgan fingerprint density at radius 2 is 1.33 bits per heavy atom. The quantitative estimate of drug-likeness (QED) is 0.680. The highest BCUT2D eigenvalue weighted by Gasteiger charge is 2.26. The average molecular weight is 360 g/mol. The average Bonchev–Trinajstić information content (AvgIpc) is 2.24. The fraction of sp³-hybridized carbons (Fsp3) is 0.600. The molecule has 0 aliphatic heterocycles. The zero-order valence-electron chi connectivity index (χ0n) is 8.96. The molecule has 0 aromatic rings. The molecule has 0 rings (SSSR count). The van der Waals surface area contributed by atoms with Crippen molar-refractivity contribution >= 4 is 41.7 Å². The first-order chi connectivity index (χ1) is 6.78. The van der Waals surface area contributed by atoms with Crippen molar-refractivity contribution in [2.75, 3.05) is 10.7 Å². The number of sulfone groups is 1. The molecular formula is C10H16Br2O2S. The number of hydrogen-bond acceptors (Lipinski definition) is 2. The fourth-order valence-electron chi connectivity index (χ4n) is 0.870. The van der Waals surface area contributed by atoms with Crippen LogP contribution in [0.4, 0.5) is 0 Å². The van der Waals surface area contributed by atoms with E-state index < -0.39 is 9.84 Å². The lowest BCUT2D eigenvalue weighted by Gasteiger charge is -2.17. The monoisotopic (exact) mass is 358 g/mol. The summed E-state index contributed by atoms with van der Waals surface area (Å²) in [6.07, 6.45) is 0. The summed E-state index contributed by atoms with van der Waals surface area (Å²) in [6, 6.07) is 0. The highest BCUT2D eigenvalue weighted by Crippen LogP contribution is 2.28. The second-order valence-corrected chi connectivity index (χ2v) is 6.90. The molecule has 0 N–H and O–H groups in total. The molecule has 0 fully saturated rings. The summed E-state index contributed by atoms with van der Waals surface area (Å²) in [4.78, 5) is 0.467. The summed E-state index contributed by atoms with van der Waals surface area (Å²) in [5.74, 6) is -0.205. The minimum absolute atomic E-state index is 0.103. The van der Waals surface area contributed by atoms with E-state index >= 15 is 0 Å². The Hall–Kier alpha value is 0.390. The summed E-state index contributed by atoms with van der Waals surface area (Å²) < 4.78 is 24.0. The van der Waals surface area contributed by atoms with Gasteiger partial charge in [-0.2, -0.15) is 0 Å². The van der Waals surface area contributed by atoms with Gasteiger partial charge in [0.15, 0.2) is 9.84 Å². The zero-order valence-corrected chi connectivity index (χ0v) is 13.0. The smallest absolute Gasteiger partial charge is 0.198 e. The first-order valence-electron chi connectivity index (χ1n) is 4.53. The molecule has 88 valence electrons. The van der Waals surface area contributed by atoms with E-state index in [-0.39, 0.29) is 21.6 Å². The van der Waals surface area contributed by atoms with Crippen LogP contribution in [0.5, 0.6) is 0 Å². The minimum Gasteiger partial charge on any atom is -0.219 e. The standard InChI is InChI=1S/C10H16Br2O2S/c1-7(5-11)9(3)15(13,14)10(4)8(2)6-12/h7-8H,3-6H2,1-2H3. The summed E-state index contributed by atoms with van der Waals surface area (Å²) in [5, 5.41) is 1.17. The van der Waals surface area contributed by atoms with Crippen LogP contribution in [0.3, 0.4) is 0 Å². The van der Waals surface area contributed by atoms with Crippen LogP contribution in [0.15, 0.2) is 23.0 Å². The Labute approximate surface area is 109 Å². The van der Waals surface area contributed by atoms with Gasteiger partial charge in [0, 0.05) is 32.3 Å². The van der Waals surface area contributed by atoms with Gasteiger partial charge in [-0.1, -0.05) is 58.9 Å². The molecule has 0 amide bonds. The van der Waals surface area contributed by atoms with E-state index in [1.54, 1.807) is 0 Å². The van der Waals surface area contributed by atoms with Crippen molar-refractivity contribution in [2.24, 2.45) is 11.8 Å². The van der Waals surface area contributed by atoms with Gasteiger partial charge < -0.3 is 0 Å². The molecule has 0 radical (unpaired) electrons. The van der Waals surface area contributed by atoms with Crippen molar-refractivity contribution in [2.45, 2.75) is 13.8 Å². The molecule has 0 aromatic carbocycles. The maximum atomic E-state index is 12.0. The molecule has 0 spiro atoms. The van der Waals surface area contributed by atoms with Crippen molar-refractivity contribution < 1.29 is 8.42 Å². The molecule has 0 aliphatic carbocycles.